The van der Waals surface area contributed by atoms with Crippen LogP contribution in [-0.4, -0.2) is 14.5 Å². The average molecular weight is 197 g/mol. The van der Waals surface area contributed by atoms with Crippen LogP contribution >= 0.6 is 11.5 Å². The van der Waals surface area contributed by atoms with E-state index in [9.17, 15) is 0 Å². The van der Waals surface area contributed by atoms with E-state index in [4.69, 9.17) is 5.73 Å². The van der Waals surface area contributed by atoms with E-state index in [1.165, 1.54) is 17.8 Å². The van der Waals surface area contributed by atoms with Crippen LogP contribution in [0, 0.1) is 0 Å². The normalized spacial score (nSPS) is 10.2. The van der Waals surface area contributed by atoms with Crippen molar-refractivity contribution in [1.29, 1.82) is 0 Å². The third kappa shape index (κ3) is 1.94. The Balaban J connectivity index is 1.93. The lowest BCUT2D eigenvalue weighted by atomic mass is 10.4. The molecule has 0 aliphatic carbocycles. The van der Waals surface area contributed by atoms with Gasteiger partial charge in [0, 0.05) is 17.6 Å². The summed E-state index contributed by atoms with van der Waals surface area (Å²) in [5.41, 5.74) is 6.16. The van der Waals surface area contributed by atoms with E-state index in [-0.39, 0.29) is 5.95 Å². The largest absolute Gasteiger partial charge is 0.367 e. The lowest BCUT2D eigenvalue weighted by Crippen LogP contribution is -1.99. The molecule has 13 heavy (non-hydrogen) atoms. The molecule has 0 bridgehead atoms. The number of nitrogens with zero attached hydrogens (tertiary/aromatic N) is 3. The molecule has 2 aromatic heterocycles. The van der Waals surface area contributed by atoms with Crippen molar-refractivity contribution in [2.45, 2.75) is 6.54 Å². The van der Waals surface area contributed by atoms with Crippen LogP contribution < -0.4 is 11.1 Å². The van der Waals surface area contributed by atoms with Crippen LogP contribution in [0.3, 0.4) is 0 Å². The highest BCUT2D eigenvalue weighted by Crippen LogP contribution is 2.12. The molecule has 6 nitrogen and oxygen atoms in total. The van der Waals surface area contributed by atoms with E-state index in [2.05, 4.69) is 24.4 Å². The number of aromatic nitrogens is 3. The highest BCUT2D eigenvalue weighted by atomic mass is 32.1. The maximum absolute atomic E-state index is 5.34. The van der Waals surface area contributed by atoms with E-state index in [0.717, 1.165) is 5.69 Å². The van der Waals surface area contributed by atoms with Gasteiger partial charge in [0.05, 0.1) is 6.54 Å². The minimum atomic E-state index is 0.285. The summed E-state index contributed by atoms with van der Waals surface area (Å²) in [4.78, 5) is 3.93. The number of hydrogen-bond acceptors (Lipinski definition) is 7. The standard InChI is InChI=1S/C6H7N5OS/c7-5-9-6(13-11-5)8-3-4-1-2-12-10-4/h1-2H,3H2,(H3,7,8,9,11). The lowest BCUT2D eigenvalue weighted by molar-refractivity contribution is 0.412. The Morgan fingerprint density at radius 3 is 3.15 bits per heavy atom. The lowest BCUT2D eigenvalue weighted by Gasteiger charge is -1.95. The van der Waals surface area contributed by atoms with Gasteiger partial charge in [-0.15, -0.1) is 0 Å². The predicted octanol–water partition coefficient (Wildman–Crippen LogP) is 0.720. The average Bonchev–Trinajstić information content (AvgIpc) is 2.71. The first kappa shape index (κ1) is 7.99. The summed E-state index contributed by atoms with van der Waals surface area (Å²) in [6, 6.07) is 1.78. The topological polar surface area (TPSA) is 89.9 Å². The van der Waals surface area contributed by atoms with Crippen LogP contribution in [0.4, 0.5) is 11.1 Å². The second-order valence-electron chi connectivity index (χ2n) is 2.30. The van der Waals surface area contributed by atoms with E-state index < -0.39 is 0 Å². The van der Waals surface area contributed by atoms with Crippen molar-refractivity contribution >= 4 is 22.6 Å². The van der Waals surface area contributed by atoms with Crippen molar-refractivity contribution in [2.75, 3.05) is 11.1 Å². The first-order chi connectivity index (χ1) is 6.34. The molecule has 0 atom stereocenters. The third-order valence-electron chi connectivity index (χ3n) is 1.35. The van der Waals surface area contributed by atoms with Crippen LogP contribution in [0.15, 0.2) is 16.9 Å². The van der Waals surface area contributed by atoms with Gasteiger partial charge in [-0.1, -0.05) is 5.16 Å². The SMILES string of the molecule is Nc1nsc(NCc2ccon2)n1. The van der Waals surface area contributed by atoms with Crippen molar-refractivity contribution in [1.82, 2.24) is 14.5 Å². The Morgan fingerprint density at radius 1 is 1.62 bits per heavy atom. The Morgan fingerprint density at radius 2 is 2.54 bits per heavy atom. The monoisotopic (exact) mass is 197 g/mol. The summed E-state index contributed by atoms with van der Waals surface area (Å²) in [7, 11) is 0. The molecule has 0 aromatic carbocycles. The molecule has 2 rings (SSSR count). The highest BCUT2D eigenvalue weighted by molar-refractivity contribution is 7.09. The van der Waals surface area contributed by atoms with Crippen molar-refractivity contribution in [3.8, 4) is 0 Å². The maximum atomic E-state index is 5.34. The Labute approximate surface area is 77.9 Å². The predicted molar refractivity (Wildman–Crippen MR) is 48.2 cm³/mol. The van der Waals surface area contributed by atoms with Gasteiger partial charge in [0.15, 0.2) is 0 Å². The summed E-state index contributed by atoms with van der Waals surface area (Å²) < 4.78 is 8.48. The van der Waals surface area contributed by atoms with Gasteiger partial charge in [-0.2, -0.15) is 9.36 Å². The zero-order valence-corrected chi connectivity index (χ0v) is 7.41. The maximum Gasteiger partial charge on any atom is 0.233 e. The van der Waals surface area contributed by atoms with Gasteiger partial charge >= 0.3 is 0 Å². The molecule has 2 aromatic rings. The molecule has 0 saturated heterocycles. The fourth-order valence-corrected chi connectivity index (χ4v) is 1.29. The zero-order chi connectivity index (χ0) is 9.10. The molecule has 2 heterocycles. The Kier molecular flexibility index (Phi) is 2.09. The molecule has 0 spiro atoms. The molecule has 7 heteroatoms. The van der Waals surface area contributed by atoms with Crippen LogP contribution in [0.2, 0.25) is 0 Å². The molecule has 0 unspecified atom stereocenters. The Hall–Kier alpha value is -1.63. The van der Waals surface area contributed by atoms with E-state index in [1.807, 2.05) is 0 Å². The highest BCUT2D eigenvalue weighted by Gasteiger charge is 2.00. The summed E-state index contributed by atoms with van der Waals surface area (Å²) in [6.07, 6.45) is 1.52. The molecular formula is C6H7N5OS. The van der Waals surface area contributed by atoms with Gasteiger partial charge in [0.25, 0.3) is 0 Å². The molecule has 0 radical (unpaired) electrons. The summed E-state index contributed by atoms with van der Waals surface area (Å²) in [5.74, 6) is 0.285. The van der Waals surface area contributed by atoms with Crippen LogP contribution in [0.5, 0.6) is 0 Å². The minimum Gasteiger partial charge on any atom is -0.367 e. The van der Waals surface area contributed by atoms with E-state index in [0.29, 0.717) is 11.7 Å². The van der Waals surface area contributed by atoms with Crippen molar-refractivity contribution in [3.05, 3.63) is 18.0 Å². The van der Waals surface area contributed by atoms with Crippen molar-refractivity contribution in [3.63, 3.8) is 0 Å². The summed E-state index contributed by atoms with van der Waals surface area (Å²) in [5, 5.41) is 7.42. The number of nitrogen functional groups attached to an aromatic ring is 1. The second-order valence-corrected chi connectivity index (χ2v) is 3.05. The third-order valence-corrected chi connectivity index (χ3v) is 2.04. The van der Waals surface area contributed by atoms with Gasteiger partial charge in [-0.05, 0) is 0 Å². The molecule has 0 aliphatic rings. The van der Waals surface area contributed by atoms with Gasteiger partial charge in [0.2, 0.25) is 11.1 Å². The Bertz CT molecular complexity index is 370. The molecular weight excluding hydrogens is 190 g/mol. The fourth-order valence-electron chi connectivity index (χ4n) is 0.802. The summed E-state index contributed by atoms with van der Waals surface area (Å²) in [6.45, 7) is 0.561. The molecule has 0 amide bonds. The fraction of sp³-hybridized carbons (Fsp3) is 0.167. The molecule has 3 N–H and O–H groups in total. The summed E-state index contributed by atoms with van der Waals surface area (Å²) >= 11 is 1.22. The van der Waals surface area contributed by atoms with E-state index >= 15 is 0 Å². The van der Waals surface area contributed by atoms with Crippen molar-refractivity contribution < 1.29 is 4.52 Å². The number of nitrogens with two attached hydrogens (primary N) is 1. The first-order valence-corrected chi connectivity index (χ1v) is 4.34. The smallest absolute Gasteiger partial charge is 0.233 e. The van der Waals surface area contributed by atoms with Crippen molar-refractivity contribution in [2.24, 2.45) is 0 Å². The first-order valence-electron chi connectivity index (χ1n) is 3.57. The number of rotatable bonds is 3. The molecule has 0 aliphatic heterocycles. The van der Waals surface area contributed by atoms with Crippen LogP contribution in [0.1, 0.15) is 5.69 Å². The number of anilines is 2. The molecule has 0 saturated carbocycles. The van der Waals surface area contributed by atoms with Gasteiger partial charge < -0.3 is 15.6 Å². The van der Waals surface area contributed by atoms with Gasteiger partial charge in [-0.25, -0.2) is 0 Å². The zero-order valence-electron chi connectivity index (χ0n) is 6.60. The number of hydrogen-bond donors (Lipinski definition) is 2. The van der Waals surface area contributed by atoms with Crippen LogP contribution in [-0.2, 0) is 6.54 Å². The molecule has 68 valence electrons. The second kappa shape index (κ2) is 3.40. The number of nitrogens with one attached hydrogen (secondary N) is 1. The minimum absolute atomic E-state index is 0.285. The quantitative estimate of drug-likeness (QED) is 0.753. The van der Waals surface area contributed by atoms with Gasteiger partial charge in [0.1, 0.15) is 12.0 Å². The van der Waals surface area contributed by atoms with E-state index in [1.54, 1.807) is 6.07 Å². The molecule has 0 fully saturated rings. The van der Waals surface area contributed by atoms with Gasteiger partial charge in [-0.3, -0.25) is 0 Å². The van der Waals surface area contributed by atoms with Crippen LogP contribution in [0.25, 0.3) is 0 Å².